The first kappa shape index (κ1) is 31.0. The van der Waals surface area contributed by atoms with Crippen LogP contribution in [0.4, 0.5) is 29.7 Å². The predicted molar refractivity (Wildman–Crippen MR) is 163 cm³/mol. The number of benzene rings is 3. The molecule has 3 amide bonds. The Balaban J connectivity index is 1.23. The molecule has 12 heteroatoms. The van der Waals surface area contributed by atoms with Crippen molar-refractivity contribution in [2.24, 2.45) is 5.92 Å². The highest BCUT2D eigenvalue weighted by Crippen LogP contribution is 2.34. The van der Waals surface area contributed by atoms with Gasteiger partial charge in [-0.15, -0.1) is 0 Å². The fraction of sp³-hybridized carbons (Fsp3) is 0.273. The van der Waals surface area contributed by atoms with E-state index in [2.05, 4.69) is 21.7 Å². The van der Waals surface area contributed by atoms with Crippen LogP contribution in [-0.4, -0.2) is 47.8 Å². The van der Waals surface area contributed by atoms with Crippen molar-refractivity contribution < 1.29 is 32.6 Å². The number of aromatic nitrogens is 1. The minimum atomic E-state index is -0.740. The van der Waals surface area contributed by atoms with Crippen molar-refractivity contribution in [3.05, 3.63) is 84.1 Å². The molecule has 0 radical (unpaired) electrons. The van der Waals surface area contributed by atoms with Crippen LogP contribution in [0.5, 0.6) is 17.2 Å². The number of hydrogen-bond donors (Lipinski definition) is 2. The van der Waals surface area contributed by atoms with Gasteiger partial charge < -0.3 is 29.7 Å². The minimum Gasteiger partial charge on any atom is -0.492 e. The maximum atomic E-state index is 14.9. The smallest absolute Gasteiger partial charge is 0.410 e. The van der Waals surface area contributed by atoms with Crippen molar-refractivity contribution >= 4 is 34.4 Å². The van der Waals surface area contributed by atoms with Gasteiger partial charge in [0.1, 0.15) is 35.0 Å². The Hall–Kier alpha value is -5.44. The first-order valence-electron chi connectivity index (χ1n) is 14.4. The molecule has 2 heterocycles. The van der Waals surface area contributed by atoms with Crippen molar-refractivity contribution in [2.75, 3.05) is 30.3 Å². The van der Waals surface area contributed by atoms with Gasteiger partial charge in [-0.25, -0.2) is 18.4 Å². The highest BCUT2D eigenvalue weighted by Gasteiger charge is 2.25. The standard InChI is InChI=1S/C33H31F2N5O5/c1-20(2)44-33(42)40-13-10-21(11-14-40)19-43-31-17-29-26(15-22(31)18-36)30(9-12-37-29)45-25-7-8-28(27(35)16-25)39-32(41)38-24-5-3-23(34)4-6-24/h3-9,12,15-17,20-21H,10-11,13-14,19H2,1-2H3,(H2,38,39,41). The zero-order chi connectivity index (χ0) is 31.9. The Morgan fingerprint density at radius 1 is 1.02 bits per heavy atom. The number of amides is 3. The lowest BCUT2D eigenvalue weighted by atomic mass is 9.98. The molecule has 4 aromatic rings. The summed E-state index contributed by atoms with van der Waals surface area (Å²) in [5.41, 5.74) is 1.06. The number of ether oxygens (including phenoxy) is 3. The van der Waals surface area contributed by atoms with E-state index in [1.165, 1.54) is 42.6 Å². The van der Waals surface area contributed by atoms with Crippen LogP contribution in [0.2, 0.25) is 0 Å². The molecule has 5 rings (SSSR count). The molecule has 0 aliphatic carbocycles. The van der Waals surface area contributed by atoms with Gasteiger partial charge >= 0.3 is 12.1 Å². The molecule has 1 aromatic heterocycles. The average molecular weight is 616 g/mol. The topological polar surface area (TPSA) is 126 Å². The maximum absolute atomic E-state index is 14.9. The van der Waals surface area contributed by atoms with Crippen molar-refractivity contribution in [1.29, 1.82) is 5.26 Å². The van der Waals surface area contributed by atoms with Crippen LogP contribution in [0.1, 0.15) is 32.3 Å². The largest absolute Gasteiger partial charge is 0.492 e. The van der Waals surface area contributed by atoms with Gasteiger partial charge in [0.25, 0.3) is 0 Å². The molecule has 10 nitrogen and oxygen atoms in total. The molecule has 2 N–H and O–H groups in total. The van der Waals surface area contributed by atoms with Gasteiger partial charge in [-0.3, -0.25) is 4.98 Å². The summed E-state index contributed by atoms with van der Waals surface area (Å²) < 4.78 is 45.2. The highest BCUT2D eigenvalue weighted by atomic mass is 19.1. The summed E-state index contributed by atoms with van der Waals surface area (Å²) in [5, 5.41) is 15.3. The van der Waals surface area contributed by atoms with Crippen LogP contribution in [0, 0.1) is 28.9 Å². The lowest BCUT2D eigenvalue weighted by Crippen LogP contribution is -2.40. The van der Waals surface area contributed by atoms with Gasteiger partial charge in [-0.2, -0.15) is 5.26 Å². The fourth-order valence-corrected chi connectivity index (χ4v) is 4.82. The molecule has 45 heavy (non-hydrogen) atoms. The number of nitrogens with zero attached hydrogens (tertiary/aromatic N) is 3. The zero-order valence-corrected chi connectivity index (χ0v) is 24.7. The number of likely N-dealkylation sites (tertiary alicyclic amines) is 1. The van der Waals surface area contributed by atoms with Gasteiger partial charge in [0.05, 0.1) is 29.5 Å². The summed E-state index contributed by atoms with van der Waals surface area (Å²) in [6.07, 6.45) is 2.56. The maximum Gasteiger partial charge on any atom is 0.410 e. The molecule has 1 aliphatic rings. The number of carbonyl (C=O) groups is 2. The SMILES string of the molecule is CC(C)OC(=O)N1CCC(COc2cc3nccc(Oc4ccc(NC(=O)Nc5ccc(F)cc5)c(F)c4)c3cc2C#N)CC1. The normalized spacial score (nSPS) is 13.3. The number of rotatable bonds is 8. The monoisotopic (exact) mass is 615 g/mol. The number of piperidine rings is 1. The number of nitrogens with one attached hydrogen (secondary N) is 2. The number of halogens is 2. The first-order valence-corrected chi connectivity index (χ1v) is 14.4. The van der Waals surface area contributed by atoms with Gasteiger partial charge in [0.2, 0.25) is 0 Å². The minimum absolute atomic E-state index is 0.0868. The molecule has 0 saturated carbocycles. The summed E-state index contributed by atoms with van der Waals surface area (Å²) in [7, 11) is 0. The van der Waals surface area contributed by atoms with Crippen molar-refractivity contribution in [3.63, 3.8) is 0 Å². The lowest BCUT2D eigenvalue weighted by Gasteiger charge is -2.31. The highest BCUT2D eigenvalue weighted by molar-refractivity contribution is 5.99. The molecule has 1 saturated heterocycles. The average Bonchev–Trinajstić information content (AvgIpc) is 3.02. The van der Waals surface area contributed by atoms with Gasteiger partial charge in [-0.1, -0.05) is 0 Å². The molecule has 3 aromatic carbocycles. The lowest BCUT2D eigenvalue weighted by molar-refractivity contribution is 0.0608. The second-order valence-electron chi connectivity index (χ2n) is 10.8. The van der Waals surface area contributed by atoms with E-state index in [9.17, 15) is 23.6 Å². The Morgan fingerprint density at radius 3 is 2.47 bits per heavy atom. The Morgan fingerprint density at radius 2 is 1.78 bits per heavy atom. The fourth-order valence-electron chi connectivity index (χ4n) is 4.82. The van der Waals surface area contributed by atoms with Crippen molar-refractivity contribution in [1.82, 2.24) is 9.88 Å². The molecule has 232 valence electrons. The van der Waals surface area contributed by atoms with Crippen LogP contribution in [0.3, 0.4) is 0 Å². The summed E-state index contributed by atoms with van der Waals surface area (Å²) in [5.74, 6) is -0.0880. The quantitative estimate of drug-likeness (QED) is 0.211. The zero-order valence-electron chi connectivity index (χ0n) is 24.7. The molecule has 1 aliphatic heterocycles. The third-order valence-corrected chi connectivity index (χ3v) is 7.13. The third-order valence-electron chi connectivity index (χ3n) is 7.13. The van der Waals surface area contributed by atoms with Crippen LogP contribution in [0.15, 0.2) is 66.9 Å². The second kappa shape index (κ2) is 13.9. The van der Waals surface area contributed by atoms with Crippen LogP contribution in [0.25, 0.3) is 10.9 Å². The number of hydrogen-bond acceptors (Lipinski definition) is 7. The number of pyridine rings is 1. The molecule has 0 atom stereocenters. The third kappa shape index (κ3) is 7.94. The van der Waals surface area contributed by atoms with E-state index in [1.54, 1.807) is 23.1 Å². The van der Waals surface area contributed by atoms with E-state index in [1.807, 2.05) is 13.8 Å². The van der Waals surface area contributed by atoms with Crippen LogP contribution >= 0.6 is 0 Å². The van der Waals surface area contributed by atoms with Gasteiger partial charge in [0, 0.05) is 42.5 Å². The van der Waals surface area contributed by atoms with E-state index >= 15 is 0 Å². The van der Waals surface area contributed by atoms with Gasteiger partial charge in [0.15, 0.2) is 0 Å². The number of carbonyl (C=O) groups excluding carboxylic acids is 2. The van der Waals surface area contributed by atoms with Crippen molar-refractivity contribution in [2.45, 2.75) is 32.8 Å². The summed E-state index contributed by atoms with van der Waals surface area (Å²) in [6.45, 7) is 5.16. The van der Waals surface area contributed by atoms with E-state index in [0.29, 0.717) is 47.8 Å². The van der Waals surface area contributed by atoms with E-state index in [-0.39, 0.29) is 35.1 Å². The van der Waals surface area contributed by atoms with Crippen LogP contribution < -0.4 is 20.1 Å². The number of anilines is 2. The Kier molecular flexibility index (Phi) is 9.57. The molecule has 0 bridgehead atoms. The molecular formula is C33H31F2N5O5. The van der Waals surface area contributed by atoms with Crippen molar-refractivity contribution in [3.8, 4) is 23.3 Å². The molecule has 0 spiro atoms. The van der Waals surface area contributed by atoms with E-state index in [4.69, 9.17) is 14.2 Å². The molecule has 0 unspecified atom stereocenters. The summed E-state index contributed by atoms with van der Waals surface area (Å²) in [6, 6.07) is 15.5. The number of nitriles is 1. The molecule has 1 fully saturated rings. The second-order valence-corrected chi connectivity index (χ2v) is 10.8. The summed E-state index contributed by atoms with van der Waals surface area (Å²) in [4.78, 5) is 30.5. The number of urea groups is 1. The molecular weight excluding hydrogens is 584 g/mol. The predicted octanol–water partition coefficient (Wildman–Crippen LogP) is 7.46. The van der Waals surface area contributed by atoms with Crippen LogP contribution in [-0.2, 0) is 4.74 Å². The summed E-state index contributed by atoms with van der Waals surface area (Å²) >= 11 is 0. The van der Waals surface area contributed by atoms with E-state index < -0.39 is 17.7 Å². The Bertz CT molecular complexity index is 1730. The Labute approximate surface area is 258 Å². The van der Waals surface area contributed by atoms with E-state index in [0.717, 1.165) is 18.9 Å². The van der Waals surface area contributed by atoms with Gasteiger partial charge in [-0.05, 0) is 81.1 Å². The number of fused-ring (bicyclic) bond motifs is 1. The first-order chi connectivity index (χ1) is 21.7.